The molecule has 4 nitrogen and oxygen atoms in total. The normalized spacial score (nSPS) is 10.8. The summed E-state index contributed by atoms with van der Waals surface area (Å²) in [4.78, 5) is 16.0. The molecule has 2 aromatic rings. The third-order valence-corrected chi connectivity index (χ3v) is 2.70. The molecule has 0 fully saturated rings. The predicted octanol–water partition coefficient (Wildman–Crippen LogP) is 2.44. The summed E-state index contributed by atoms with van der Waals surface area (Å²) in [6, 6.07) is 12.7. The van der Waals surface area contributed by atoms with Gasteiger partial charge in [0.15, 0.2) is 0 Å². The van der Waals surface area contributed by atoms with E-state index in [4.69, 9.17) is 5.26 Å². The number of pyridine rings is 1. The minimum Gasteiger partial charge on any atom is -0.346 e. The lowest BCUT2D eigenvalue weighted by Gasteiger charge is -2.03. The third-order valence-electron chi connectivity index (χ3n) is 2.70. The van der Waals surface area contributed by atoms with Crippen LogP contribution in [0.25, 0.3) is 6.08 Å². The Kier molecular flexibility index (Phi) is 4.78. The van der Waals surface area contributed by atoms with Crippen molar-refractivity contribution in [3.63, 3.8) is 0 Å². The van der Waals surface area contributed by atoms with Crippen LogP contribution in [0.15, 0.2) is 54.2 Å². The first kappa shape index (κ1) is 14.4. The first-order valence-electron chi connectivity index (χ1n) is 6.24. The van der Waals surface area contributed by atoms with E-state index in [0.29, 0.717) is 11.3 Å². The van der Waals surface area contributed by atoms with Crippen molar-refractivity contribution in [2.24, 2.45) is 0 Å². The van der Waals surface area contributed by atoms with Crippen LogP contribution in [0.1, 0.15) is 11.3 Å². The highest BCUT2D eigenvalue weighted by atomic mass is 19.1. The molecule has 0 aliphatic carbocycles. The highest BCUT2D eigenvalue weighted by Gasteiger charge is 2.08. The minimum absolute atomic E-state index is 0.0439. The second kappa shape index (κ2) is 6.96. The Morgan fingerprint density at radius 2 is 2.05 bits per heavy atom. The van der Waals surface area contributed by atoms with Crippen LogP contribution in [0.3, 0.4) is 0 Å². The SMILES string of the molecule is N#C/C(=C\c1ccc(F)cc1)C(=O)NCc1ccccn1. The number of benzene rings is 1. The summed E-state index contributed by atoms with van der Waals surface area (Å²) in [7, 11) is 0. The maximum atomic E-state index is 12.8. The highest BCUT2D eigenvalue weighted by molar-refractivity contribution is 6.01. The number of halogens is 1. The molecular formula is C16H12FN3O. The van der Waals surface area contributed by atoms with Crippen LogP contribution in [-0.4, -0.2) is 10.9 Å². The molecule has 21 heavy (non-hydrogen) atoms. The molecule has 1 heterocycles. The summed E-state index contributed by atoms with van der Waals surface area (Å²) in [5.74, 6) is -0.863. The second-order valence-electron chi connectivity index (χ2n) is 4.23. The Balaban J connectivity index is 2.05. The molecule has 1 N–H and O–H groups in total. The lowest BCUT2D eigenvalue weighted by atomic mass is 10.1. The van der Waals surface area contributed by atoms with Gasteiger partial charge in [0, 0.05) is 6.20 Å². The van der Waals surface area contributed by atoms with Crippen molar-refractivity contribution in [2.75, 3.05) is 0 Å². The number of aromatic nitrogens is 1. The van der Waals surface area contributed by atoms with Crippen molar-refractivity contribution in [3.05, 3.63) is 71.3 Å². The van der Waals surface area contributed by atoms with Gasteiger partial charge in [0.1, 0.15) is 17.5 Å². The maximum Gasteiger partial charge on any atom is 0.262 e. The van der Waals surface area contributed by atoms with E-state index in [-0.39, 0.29) is 17.9 Å². The summed E-state index contributed by atoms with van der Waals surface area (Å²) in [6.45, 7) is 0.238. The van der Waals surface area contributed by atoms with Crippen molar-refractivity contribution in [3.8, 4) is 6.07 Å². The van der Waals surface area contributed by atoms with Crippen molar-refractivity contribution in [1.82, 2.24) is 10.3 Å². The van der Waals surface area contributed by atoms with Crippen molar-refractivity contribution >= 4 is 12.0 Å². The van der Waals surface area contributed by atoms with Gasteiger partial charge in [0.25, 0.3) is 5.91 Å². The van der Waals surface area contributed by atoms with Crippen molar-refractivity contribution in [2.45, 2.75) is 6.54 Å². The number of nitrogens with one attached hydrogen (secondary N) is 1. The molecule has 0 saturated carbocycles. The molecule has 0 aliphatic heterocycles. The average Bonchev–Trinajstić information content (AvgIpc) is 2.53. The van der Waals surface area contributed by atoms with Crippen LogP contribution in [0.5, 0.6) is 0 Å². The summed E-state index contributed by atoms with van der Waals surface area (Å²) < 4.78 is 12.8. The molecule has 0 aliphatic rings. The van der Waals surface area contributed by atoms with E-state index in [2.05, 4.69) is 10.3 Å². The third kappa shape index (κ3) is 4.25. The summed E-state index contributed by atoms with van der Waals surface area (Å²) in [6.07, 6.45) is 3.04. The van der Waals surface area contributed by atoms with E-state index in [9.17, 15) is 9.18 Å². The van der Waals surface area contributed by atoms with Crippen LogP contribution >= 0.6 is 0 Å². The number of rotatable bonds is 4. The van der Waals surface area contributed by atoms with Crippen LogP contribution in [0, 0.1) is 17.1 Å². The molecule has 0 bridgehead atoms. The fourth-order valence-electron chi connectivity index (χ4n) is 1.64. The smallest absolute Gasteiger partial charge is 0.262 e. The van der Waals surface area contributed by atoms with Gasteiger partial charge in [0.05, 0.1) is 12.2 Å². The zero-order chi connectivity index (χ0) is 15.1. The molecule has 0 atom stereocenters. The lowest BCUT2D eigenvalue weighted by Crippen LogP contribution is -2.24. The van der Waals surface area contributed by atoms with Gasteiger partial charge in [-0.1, -0.05) is 18.2 Å². The molecule has 2 rings (SSSR count). The summed E-state index contributed by atoms with van der Waals surface area (Å²) >= 11 is 0. The molecule has 1 amide bonds. The average molecular weight is 281 g/mol. The molecule has 0 radical (unpaired) electrons. The van der Waals surface area contributed by atoms with Gasteiger partial charge < -0.3 is 5.32 Å². The number of carbonyl (C=O) groups excluding carboxylic acids is 1. The Bertz CT molecular complexity index is 688. The summed E-state index contributed by atoms with van der Waals surface area (Å²) in [5, 5.41) is 11.7. The summed E-state index contributed by atoms with van der Waals surface area (Å²) in [5.41, 5.74) is 1.24. The van der Waals surface area contributed by atoms with Crippen molar-refractivity contribution in [1.29, 1.82) is 5.26 Å². The predicted molar refractivity (Wildman–Crippen MR) is 76.1 cm³/mol. The number of hydrogen-bond acceptors (Lipinski definition) is 3. The van der Waals surface area contributed by atoms with Crippen LogP contribution < -0.4 is 5.32 Å². The number of nitriles is 1. The van der Waals surface area contributed by atoms with Gasteiger partial charge in [-0.2, -0.15) is 5.26 Å². The fraction of sp³-hybridized carbons (Fsp3) is 0.0625. The zero-order valence-electron chi connectivity index (χ0n) is 11.1. The highest BCUT2D eigenvalue weighted by Crippen LogP contribution is 2.08. The van der Waals surface area contributed by atoms with Crippen molar-refractivity contribution < 1.29 is 9.18 Å². The topological polar surface area (TPSA) is 65.8 Å². The van der Waals surface area contributed by atoms with E-state index in [1.54, 1.807) is 18.3 Å². The Hall–Kier alpha value is -3.00. The standard InChI is InChI=1S/C16H12FN3O/c17-14-6-4-12(5-7-14)9-13(10-18)16(21)20-11-15-3-1-2-8-19-15/h1-9H,11H2,(H,20,21)/b13-9+. The van der Waals surface area contributed by atoms with E-state index < -0.39 is 5.91 Å². The number of carbonyl (C=O) groups is 1. The number of nitrogens with zero attached hydrogens (tertiary/aromatic N) is 2. The molecule has 0 saturated heterocycles. The number of hydrogen-bond donors (Lipinski definition) is 1. The lowest BCUT2D eigenvalue weighted by molar-refractivity contribution is -0.117. The first-order chi connectivity index (χ1) is 10.2. The Labute approximate surface area is 121 Å². The molecule has 1 aromatic heterocycles. The Morgan fingerprint density at radius 3 is 2.67 bits per heavy atom. The largest absolute Gasteiger partial charge is 0.346 e. The second-order valence-corrected chi connectivity index (χ2v) is 4.23. The van der Waals surface area contributed by atoms with E-state index in [1.807, 2.05) is 12.1 Å². The van der Waals surface area contributed by atoms with Gasteiger partial charge >= 0.3 is 0 Å². The monoisotopic (exact) mass is 281 g/mol. The molecule has 0 unspecified atom stereocenters. The quantitative estimate of drug-likeness (QED) is 0.691. The Morgan fingerprint density at radius 1 is 1.29 bits per heavy atom. The molecular weight excluding hydrogens is 269 g/mol. The maximum absolute atomic E-state index is 12.8. The minimum atomic E-state index is -0.493. The fourth-order valence-corrected chi connectivity index (χ4v) is 1.64. The molecule has 104 valence electrons. The van der Waals surface area contributed by atoms with E-state index in [1.165, 1.54) is 30.3 Å². The number of amides is 1. The van der Waals surface area contributed by atoms with Crippen LogP contribution in [-0.2, 0) is 11.3 Å². The van der Waals surface area contributed by atoms with Gasteiger partial charge in [-0.25, -0.2) is 4.39 Å². The van der Waals surface area contributed by atoms with Gasteiger partial charge in [-0.05, 0) is 35.9 Å². The van der Waals surface area contributed by atoms with Gasteiger partial charge in [0.2, 0.25) is 0 Å². The van der Waals surface area contributed by atoms with Crippen LogP contribution in [0.4, 0.5) is 4.39 Å². The molecule has 0 spiro atoms. The van der Waals surface area contributed by atoms with Gasteiger partial charge in [-0.15, -0.1) is 0 Å². The molecule has 1 aromatic carbocycles. The van der Waals surface area contributed by atoms with Gasteiger partial charge in [-0.3, -0.25) is 9.78 Å². The van der Waals surface area contributed by atoms with E-state index in [0.717, 1.165) is 0 Å². The zero-order valence-corrected chi connectivity index (χ0v) is 11.1. The van der Waals surface area contributed by atoms with Crippen LogP contribution in [0.2, 0.25) is 0 Å². The van der Waals surface area contributed by atoms with E-state index >= 15 is 0 Å². The molecule has 5 heteroatoms. The first-order valence-corrected chi connectivity index (χ1v) is 6.24.